The molecule has 0 amide bonds. The normalized spacial score (nSPS) is 30.0. The van der Waals surface area contributed by atoms with E-state index in [0.29, 0.717) is 5.54 Å². The Balaban J connectivity index is 2.46. The third-order valence-electron chi connectivity index (χ3n) is 2.58. The summed E-state index contributed by atoms with van der Waals surface area (Å²) < 4.78 is 0. The van der Waals surface area contributed by atoms with Crippen LogP contribution in [0.15, 0.2) is 0 Å². The zero-order valence-electron chi connectivity index (χ0n) is 8.61. The fraction of sp³-hybridized carbons (Fsp3) is 1.00. The van der Waals surface area contributed by atoms with Crippen LogP contribution in [0.25, 0.3) is 0 Å². The van der Waals surface area contributed by atoms with Gasteiger partial charge in [0.15, 0.2) is 0 Å². The predicted molar refractivity (Wildman–Crippen MR) is 53.1 cm³/mol. The lowest BCUT2D eigenvalue weighted by molar-refractivity contribution is 0.298. The van der Waals surface area contributed by atoms with Gasteiger partial charge in [-0.05, 0) is 18.8 Å². The summed E-state index contributed by atoms with van der Waals surface area (Å²) >= 11 is 0. The van der Waals surface area contributed by atoms with Crippen LogP contribution in [-0.4, -0.2) is 18.8 Å². The molecule has 1 fully saturated rings. The maximum atomic E-state index is 3.59. The molecule has 72 valence electrons. The molecule has 1 aliphatic rings. The second-order valence-electron chi connectivity index (χ2n) is 4.41. The van der Waals surface area contributed by atoms with Crippen molar-refractivity contribution in [3.05, 3.63) is 0 Å². The van der Waals surface area contributed by atoms with Gasteiger partial charge in [0.1, 0.15) is 0 Å². The van der Waals surface area contributed by atoms with E-state index < -0.39 is 0 Å². The molecule has 12 heavy (non-hydrogen) atoms. The van der Waals surface area contributed by atoms with Crippen molar-refractivity contribution >= 4 is 0 Å². The standard InChI is InChI=1S/C10H22N2/c1-4-5-10(6-9(2)3)7-11-8-12-10/h9,11-12H,4-8H2,1-3H3. The molecule has 2 N–H and O–H groups in total. The fourth-order valence-corrected chi connectivity index (χ4v) is 2.30. The lowest BCUT2D eigenvalue weighted by atomic mass is 9.86. The molecule has 2 heteroatoms. The van der Waals surface area contributed by atoms with Gasteiger partial charge >= 0.3 is 0 Å². The first-order valence-corrected chi connectivity index (χ1v) is 5.14. The number of hydrogen-bond donors (Lipinski definition) is 2. The van der Waals surface area contributed by atoms with Crippen LogP contribution >= 0.6 is 0 Å². The van der Waals surface area contributed by atoms with Crippen molar-refractivity contribution < 1.29 is 0 Å². The van der Waals surface area contributed by atoms with E-state index in [4.69, 9.17) is 0 Å². The van der Waals surface area contributed by atoms with Gasteiger partial charge in [0, 0.05) is 18.8 Å². The highest BCUT2D eigenvalue weighted by atomic mass is 15.2. The first kappa shape index (κ1) is 10.0. The number of rotatable bonds is 4. The van der Waals surface area contributed by atoms with Crippen LogP contribution in [0.5, 0.6) is 0 Å². The summed E-state index contributed by atoms with van der Waals surface area (Å²) in [6, 6.07) is 0. The van der Waals surface area contributed by atoms with Gasteiger partial charge in [0.2, 0.25) is 0 Å². The van der Waals surface area contributed by atoms with Crippen LogP contribution in [0.3, 0.4) is 0 Å². The maximum Gasteiger partial charge on any atom is 0.0459 e. The van der Waals surface area contributed by atoms with E-state index in [-0.39, 0.29) is 0 Å². The Morgan fingerprint density at radius 2 is 2.17 bits per heavy atom. The van der Waals surface area contributed by atoms with Crippen molar-refractivity contribution in [2.75, 3.05) is 13.2 Å². The second kappa shape index (κ2) is 4.24. The molecule has 2 nitrogen and oxygen atoms in total. The van der Waals surface area contributed by atoms with E-state index in [1.54, 1.807) is 0 Å². The Labute approximate surface area is 76.1 Å². The first-order valence-electron chi connectivity index (χ1n) is 5.14. The Hall–Kier alpha value is -0.0800. The summed E-state index contributed by atoms with van der Waals surface area (Å²) in [5.41, 5.74) is 0.406. The monoisotopic (exact) mass is 170 g/mol. The quantitative estimate of drug-likeness (QED) is 0.671. The minimum Gasteiger partial charge on any atom is -0.303 e. The molecule has 0 aromatic heterocycles. The fourth-order valence-electron chi connectivity index (χ4n) is 2.30. The van der Waals surface area contributed by atoms with Gasteiger partial charge in [-0.25, -0.2) is 0 Å². The molecule has 0 radical (unpaired) electrons. The summed E-state index contributed by atoms with van der Waals surface area (Å²) in [7, 11) is 0. The molecule has 1 saturated heterocycles. The molecular weight excluding hydrogens is 148 g/mol. The second-order valence-corrected chi connectivity index (χ2v) is 4.41. The van der Waals surface area contributed by atoms with Crippen LogP contribution in [0, 0.1) is 5.92 Å². The molecule has 1 heterocycles. The zero-order chi connectivity index (χ0) is 9.03. The van der Waals surface area contributed by atoms with Crippen molar-refractivity contribution in [1.82, 2.24) is 10.6 Å². The molecule has 0 spiro atoms. The first-order chi connectivity index (χ1) is 5.68. The molecule has 1 atom stereocenters. The molecule has 0 aromatic carbocycles. The Bertz CT molecular complexity index is 126. The molecule has 1 unspecified atom stereocenters. The van der Waals surface area contributed by atoms with Gasteiger partial charge in [-0.2, -0.15) is 0 Å². The molecule has 1 rings (SSSR count). The van der Waals surface area contributed by atoms with Gasteiger partial charge in [0.25, 0.3) is 0 Å². The van der Waals surface area contributed by atoms with Crippen LogP contribution < -0.4 is 10.6 Å². The van der Waals surface area contributed by atoms with Gasteiger partial charge < -0.3 is 5.32 Å². The third kappa shape index (κ3) is 2.46. The topological polar surface area (TPSA) is 24.1 Å². The van der Waals surface area contributed by atoms with E-state index >= 15 is 0 Å². The van der Waals surface area contributed by atoms with Crippen LogP contribution in [0.4, 0.5) is 0 Å². The lowest BCUT2D eigenvalue weighted by Crippen LogP contribution is -2.43. The van der Waals surface area contributed by atoms with E-state index in [0.717, 1.165) is 19.1 Å². The summed E-state index contributed by atoms with van der Waals surface area (Å²) in [4.78, 5) is 0. The van der Waals surface area contributed by atoms with Crippen molar-refractivity contribution in [3.8, 4) is 0 Å². The largest absolute Gasteiger partial charge is 0.303 e. The van der Waals surface area contributed by atoms with Gasteiger partial charge in [0.05, 0.1) is 0 Å². The van der Waals surface area contributed by atoms with Crippen LogP contribution in [0.1, 0.15) is 40.0 Å². The summed E-state index contributed by atoms with van der Waals surface area (Å²) in [6.07, 6.45) is 3.88. The highest BCUT2D eigenvalue weighted by Crippen LogP contribution is 2.23. The highest BCUT2D eigenvalue weighted by molar-refractivity contribution is 4.94. The molecule has 0 aliphatic carbocycles. The van der Waals surface area contributed by atoms with Crippen molar-refractivity contribution in [2.24, 2.45) is 5.92 Å². The molecule has 0 aromatic rings. The van der Waals surface area contributed by atoms with Crippen molar-refractivity contribution in [2.45, 2.75) is 45.6 Å². The predicted octanol–water partition coefficient (Wildman–Crippen LogP) is 1.72. The van der Waals surface area contributed by atoms with Crippen molar-refractivity contribution in [1.29, 1.82) is 0 Å². The molecular formula is C10H22N2. The Kier molecular flexibility index (Phi) is 3.53. The summed E-state index contributed by atoms with van der Waals surface area (Å²) in [6.45, 7) is 9.02. The summed E-state index contributed by atoms with van der Waals surface area (Å²) in [5, 5.41) is 6.98. The lowest BCUT2D eigenvalue weighted by Gasteiger charge is -2.30. The van der Waals surface area contributed by atoms with Gasteiger partial charge in [-0.1, -0.05) is 27.2 Å². The SMILES string of the molecule is CCCC1(CC(C)C)CNCN1. The minimum absolute atomic E-state index is 0.406. The highest BCUT2D eigenvalue weighted by Gasteiger charge is 2.32. The van der Waals surface area contributed by atoms with Crippen LogP contribution in [-0.2, 0) is 0 Å². The van der Waals surface area contributed by atoms with Crippen LogP contribution in [0.2, 0.25) is 0 Å². The summed E-state index contributed by atoms with van der Waals surface area (Å²) in [5.74, 6) is 0.795. The van der Waals surface area contributed by atoms with Crippen molar-refractivity contribution in [3.63, 3.8) is 0 Å². The zero-order valence-corrected chi connectivity index (χ0v) is 8.61. The van der Waals surface area contributed by atoms with E-state index in [9.17, 15) is 0 Å². The number of nitrogens with one attached hydrogen (secondary N) is 2. The van der Waals surface area contributed by atoms with E-state index in [1.807, 2.05) is 0 Å². The third-order valence-corrected chi connectivity index (χ3v) is 2.58. The molecule has 0 bridgehead atoms. The van der Waals surface area contributed by atoms with E-state index in [1.165, 1.54) is 19.3 Å². The van der Waals surface area contributed by atoms with Gasteiger partial charge in [-0.15, -0.1) is 0 Å². The smallest absolute Gasteiger partial charge is 0.0459 e. The molecule has 1 aliphatic heterocycles. The Morgan fingerprint density at radius 1 is 1.42 bits per heavy atom. The minimum atomic E-state index is 0.406. The van der Waals surface area contributed by atoms with E-state index in [2.05, 4.69) is 31.4 Å². The Morgan fingerprint density at radius 3 is 2.58 bits per heavy atom. The number of hydrogen-bond acceptors (Lipinski definition) is 2. The average molecular weight is 170 g/mol. The molecule has 0 saturated carbocycles. The average Bonchev–Trinajstić information content (AvgIpc) is 2.36. The maximum absolute atomic E-state index is 3.59. The van der Waals surface area contributed by atoms with Gasteiger partial charge in [-0.3, -0.25) is 5.32 Å².